The molecule has 0 spiro atoms. The zero-order chi connectivity index (χ0) is 16.0. The molecule has 0 N–H and O–H groups in total. The predicted molar refractivity (Wildman–Crippen MR) is 90.8 cm³/mol. The summed E-state index contributed by atoms with van der Waals surface area (Å²) in [5.74, 6) is 0.790. The first-order chi connectivity index (χ1) is 10.8. The van der Waals surface area contributed by atoms with Gasteiger partial charge in [-0.1, -0.05) is 51.9 Å². The van der Waals surface area contributed by atoms with Crippen LogP contribution in [0.3, 0.4) is 0 Å². The third kappa shape index (κ3) is 8.18. The number of hydrogen-bond donors (Lipinski definition) is 0. The Bertz CT molecular complexity index is 398. The smallest absolute Gasteiger partial charge is 0.188 e. The van der Waals surface area contributed by atoms with E-state index < -0.39 is 0 Å². The average molecular weight is 306 g/mol. The van der Waals surface area contributed by atoms with E-state index in [2.05, 4.69) is 6.92 Å². The molecule has 0 amide bonds. The highest BCUT2D eigenvalue weighted by molar-refractivity contribution is 5.97. The van der Waals surface area contributed by atoms with E-state index >= 15 is 0 Å². The van der Waals surface area contributed by atoms with E-state index in [1.54, 1.807) is 31.4 Å². The van der Waals surface area contributed by atoms with Crippen molar-refractivity contribution in [1.29, 1.82) is 0 Å². The quantitative estimate of drug-likeness (QED) is 0.378. The molecule has 0 aliphatic heterocycles. The Morgan fingerprint density at radius 2 is 1.50 bits per heavy atom. The van der Waals surface area contributed by atoms with E-state index in [-0.39, 0.29) is 12.4 Å². The zero-order valence-electron chi connectivity index (χ0n) is 14.1. The molecule has 0 bridgehead atoms. The molecule has 0 fully saturated rings. The molecule has 0 aromatic heterocycles. The molecule has 0 saturated carbocycles. The van der Waals surface area contributed by atoms with Crippen LogP contribution in [0.1, 0.15) is 68.6 Å². The van der Waals surface area contributed by atoms with Gasteiger partial charge in [-0.2, -0.15) is 0 Å². The summed E-state index contributed by atoms with van der Waals surface area (Å²) in [5, 5.41) is 0. The summed E-state index contributed by atoms with van der Waals surface area (Å²) in [5.41, 5.74) is 0.678. The second kappa shape index (κ2) is 12.2. The molecule has 3 nitrogen and oxygen atoms in total. The molecule has 0 aliphatic rings. The van der Waals surface area contributed by atoms with Crippen LogP contribution in [-0.2, 0) is 4.74 Å². The molecule has 124 valence electrons. The predicted octanol–water partition coefficient (Wildman–Crippen LogP) is 5.04. The summed E-state index contributed by atoms with van der Waals surface area (Å²) < 4.78 is 10.5. The number of benzene rings is 1. The van der Waals surface area contributed by atoms with E-state index in [0.29, 0.717) is 12.2 Å². The van der Waals surface area contributed by atoms with Crippen LogP contribution < -0.4 is 4.74 Å². The van der Waals surface area contributed by atoms with Crippen LogP contribution in [0.4, 0.5) is 0 Å². The Morgan fingerprint density at radius 1 is 0.909 bits per heavy atom. The first-order valence-corrected chi connectivity index (χ1v) is 8.53. The number of carbonyl (C=O) groups excluding carboxylic acids is 1. The summed E-state index contributed by atoms with van der Waals surface area (Å²) in [6.07, 6.45) is 10.2. The van der Waals surface area contributed by atoms with Crippen LogP contribution in [0, 0.1) is 0 Å². The lowest BCUT2D eigenvalue weighted by atomic mass is 10.1. The van der Waals surface area contributed by atoms with Gasteiger partial charge in [0.2, 0.25) is 0 Å². The Kier molecular flexibility index (Phi) is 10.4. The van der Waals surface area contributed by atoms with Gasteiger partial charge >= 0.3 is 0 Å². The fourth-order valence-corrected chi connectivity index (χ4v) is 2.36. The van der Waals surface area contributed by atoms with E-state index in [1.807, 2.05) is 0 Å². The minimum atomic E-state index is 0.0298. The minimum absolute atomic E-state index is 0.0298. The largest absolute Gasteiger partial charge is 0.497 e. The summed E-state index contributed by atoms with van der Waals surface area (Å²) >= 11 is 0. The van der Waals surface area contributed by atoms with Crippen molar-refractivity contribution in [3.8, 4) is 5.75 Å². The highest BCUT2D eigenvalue weighted by Crippen LogP contribution is 2.12. The van der Waals surface area contributed by atoms with Crippen LogP contribution in [0.15, 0.2) is 24.3 Å². The molecule has 1 aromatic rings. The van der Waals surface area contributed by atoms with Gasteiger partial charge in [0.15, 0.2) is 5.78 Å². The number of Topliss-reactive ketones (excluding diaryl/α,β-unsaturated/α-hetero) is 1. The third-order valence-electron chi connectivity index (χ3n) is 3.79. The molecule has 3 heteroatoms. The van der Waals surface area contributed by atoms with Crippen LogP contribution in [0.25, 0.3) is 0 Å². The fraction of sp³-hybridized carbons (Fsp3) is 0.632. The molecule has 0 aliphatic carbocycles. The van der Waals surface area contributed by atoms with Crippen molar-refractivity contribution in [1.82, 2.24) is 0 Å². The van der Waals surface area contributed by atoms with Gasteiger partial charge in [0.25, 0.3) is 0 Å². The molecule has 22 heavy (non-hydrogen) atoms. The Labute approximate surface area is 135 Å². The number of hydrogen-bond acceptors (Lipinski definition) is 3. The maximum absolute atomic E-state index is 11.9. The summed E-state index contributed by atoms with van der Waals surface area (Å²) in [6, 6.07) is 7.15. The van der Waals surface area contributed by atoms with E-state index in [4.69, 9.17) is 9.47 Å². The van der Waals surface area contributed by atoms with Crippen LogP contribution in [-0.4, -0.2) is 26.1 Å². The number of ether oxygens (including phenoxy) is 2. The highest BCUT2D eigenvalue weighted by Gasteiger charge is 2.05. The molecule has 0 radical (unpaired) electrons. The Balaban J connectivity index is 2.00. The van der Waals surface area contributed by atoms with Crippen molar-refractivity contribution in [2.75, 3.05) is 20.3 Å². The van der Waals surface area contributed by atoms with Crippen molar-refractivity contribution in [3.63, 3.8) is 0 Å². The maximum Gasteiger partial charge on any atom is 0.188 e. The average Bonchev–Trinajstić information content (AvgIpc) is 2.56. The normalized spacial score (nSPS) is 10.6. The second-order valence-corrected chi connectivity index (χ2v) is 5.68. The van der Waals surface area contributed by atoms with Gasteiger partial charge < -0.3 is 9.47 Å². The summed E-state index contributed by atoms with van der Waals surface area (Å²) in [4.78, 5) is 11.9. The van der Waals surface area contributed by atoms with Gasteiger partial charge in [0.1, 0.15) is 12.4 Å². The van der Waals surface area contributed by atoms with E-state index in [9.17, 15) is 4.79 Å². The first-order valence-electron chi connectivity index (χ1n) is 8.53. The Hall–Kier alpha value is -1.35. The molecule has 0 unspecified atom stereocenters. The summed E-state index contributed by atoms with van der Waals surface area (Å²) in [7, 11) is 1.61. The van der Waals surface area contributed by atoms with Gasteiger partial charge in [0, 0.05) is 12.2 Å². The standard InChI is InChI=1S/C19H30O3/c1-3-4-5-6-7-8-9-10-15-22-16-19(20)17-11-13-18(21-2)14-12-17/h11-14H,3-10,15-16H2,1-2H3. The number of methoxy groups -OCH3 is 1. The maximum atomic E-state index is 11.9. The third-order valence-corrected chi connectivity index (χ3v) is 3.79. The molecule has 0 saturated heterocycles. The topological polar surface area (TPSA) is 35.5 Å². The van der Waals surface area contributed by atoms with Crippen LogP contribution in [0.5, 0.6) is 5.75 Å². The lowest BCUT2D eigenvalue weighted by molar-refractivity contribution is 0.0752. The monoisotopic (exact) mass is 306 g/mol. The number of carbonyl (C=O) groups is 1. The van der Waals surface area contributed by atoms with Gasteiger partial charge in [-0.15, -0.1) is 0 Å². The molecule has 0 atom stereocenters. The number of rotatable bonds is 13. The van der Waals surface area contributed by atoms with Crippen molar-refractivity contribution in [2.24, 2.45) is 0 Å². The van der Waals surface area contributed by atoms with Crippen LogP contribution >= 0.6 is 0 Å². The van der Waals surface area contributed by atoms with Gasteiger partial charge in [0.05, 0.1) is 7.11 Å². The van der Waals surface area contributed by atoms with Gasteiger partial charge in [-0.3, -0.25) is 4.79 Å². The molecular formula is C19H30O3. The first kappa shape index (κ1) is 18.7. The molecular weight excluding hydrogens is 276 g/mol. The van der Waals surface area contributed by atoms with E-state index in [0.717, 1.165) is 12.2 Å². The lowest BCUT2D eigenvalue weighted by Gasteiger charge is -2.05. The zero-order valence-corrected chi connectivity index (χ0v) is 14.1. The van der Waals surface area contributed by atoms with Crippen molar-refractivity contribution in [2.45, 2.75) is 58.3 Å². The van der Waals surface area contributed by atoms with E-state index in [1.165, 1.54) is 44.9 Å². The number of unbranched alkanes of at least 4 members (excludes halogenated alkanes) is 7. The summed E-state index contributed by atoms with van der Waals surface area (Å²) in [6.45, 7) is 3.09. The minimum Gasteiger partial charge on any atom is -0.497 e. The van der Waals surface area contributed by atoms with Gasteiger partial charge in [-0.05, 0) is 30.7 Å². The lowest BCUT2D eigenvalue weighted by Crippen LogP contribution is -2.09. The van der Waals surface area contributed by atoms with Crippen molar-refractivity contribution >= 4 is 5.78 Å². The number of ketones is 1. The van der Waals surface area contributed by atoms with Crippen molar-refractivity contribution < 1.29 is 14.3 Å². The molecule has 1 rings (SSSR count). The fourth-order valence-electron chi connectivity index (χ4n) is 2.36. The SMILES string of the molecule is CCCCCCCCCCOCC(=O)c1ccc(OC)cc1. The Morgan fingerprint density at radius 3 is 2.09 bits per heavy atom. The van der Waals surface area contributed by atoms with Crippen molar-refractivity contribution in [3.05, 3.63) is 29.8 Å². The molecule has 0 heterocycles. The van der Waals surface area contributed by atoms with Gasteiger partial charge in [-0.25, -0.2) is 0 Å². The second-order valence-electron chi connectivity index (χ2n) is 5.68. The molecule has 1 aromatic carbocycles. The van der Waals surface area contributed by atoms with Crippen LogP contribution in [0.2, 0.25) is 0 Å². The highest BCUT2D eigenvalue weighted by atomic mass is 16.5.